The van der Waals surface area contributed by atoms with Crippen molar-refractivity contribution in [1.29, 1.82) is 0 Å². The number of amides is 1. The molecule has 4 rings (SSSR count). The van der Waals surface area contributed by atoms with E-state index >= 15 is 0 Å². The zero-order valence-corrected chi connectivity index (χ0v) is 12.6. The Morgan fingerprint density at radius 3 is 3.09 bits per heavy atom. The lowest BCUT2D eigenvalue weighted by atomic mass is 9.70. The van der Waals surface area contributed by atoms with E-state index in [0.717, 1.165) is 30.8 Å². The van der Waals surface area contributed by atoms with Crippen LogP contribution < -0.4 is 10.8 Å². The smallest absolute Gasteiger partial charge is 0.276 e. The van der Waals surface area contributed by atoms with Crippen LogP contribution in [0.25, 0.3) is 0 Å². The molecule has 0 unspecified atom stereocenters. The van der Waals surface area contributed by atoms with E-state index in [1.54, 1.807) is 11.7 Å². The standard InChI is InChI=1S/C16H22N4O2/c21-15(19-22)12-6-11-2-5-20(10-14(11)17-9-12)13-7-16(8-13)3-1-4-18-16/h6,9,13,18,22H,1-5,7-8,10H2,(H,19,21). The van der Waals surface area contributed by atoms with E-state index in [2.05, 4.69) is 15.2 Å². The van der Waals surface area contributed by atoms with Gasteiger partial charge in [-0.1, -0.05) is 0 Å². The zero-order chi connectivity index (χ0) is 15.2. The molecule has 0 radical (unpaired) electrons. The highest BCUT2D eigenvalue weighted by Gasteiger charge is 2.48. The molecule has 1 aliphatic carbocycles. The monoisotopic (exact) mass is 302 g/mol. The third kappa shape index (κ3) is 2.31. The van der Waals surface area contributed by atoms with Crippen molar-refractivity contribution in [3.8, 4) is 0 Å². The first-order valence-electron chi connectivity index (χ1n) is 8.10. The summed E-state index contributed by atoms with van der Waals surface area (Å²) in [6.07, 6.45) is 7.62. The molecule has 118 valence electrons. The maximum absolute atomic E-state index is 11.5. The highest BCUT2D eigenvalue weighted by atomic mass is 16.5. The van der Waals surface area contributed by atoms with Crippen molar-refractivity contribution >= 4 is 5.91 Å². The van der Waals surface area contributed by atoms with Gasteiger partial charge in [0.25, 0.3) is 5.91 Å². The van der Waals surface area contributed by atoms with Crippen molar-refractivity contribution in [3.05, 3.63) is 29.1 Å². The number of carbonyl (C=O) groups is 1. The van der Waals surface area contributed by atoms with Crippen LogP contribution in [0, 0.1) is 0 Å². The van der Waals surface area contributed by atoms with E-state index in [-0.39, 0.29) is 0 Å². The number of nitrogens with zero attached hydrogens (tertiary/aromatic N) is 2. The molecule has 2 fully saturated rings. The van der Waals surface area contributed by atoms with Crippen molar-refractivity contribution < 1.29 is 10.0 Å². The second-order valence-electron chi connectivity index (χ2n) is 6.86. The molecular formula is C16H22N4O2. The highest BCUT2D eigenvalue weighted by molar-refractivity contribution is 5.93. The van der Waals surface area contributed by atoms with Crippen LogP contribution in [0.2, 0.25) is 0 Å². The van der Waals surface area contributed by atoms with Crippen molar-refractivity contribution in [2.24, 2.45) is 0 Å². The Labute approximate surface area is 129 Å². The average molecular weight is 302 g/mol. The first kappa shape index (κ1) is 14.1. The average Bonchev–Trinajstić information content (AvgIpc) is 3.01. The molecule has 1 amide bonds. The third-order valence-corrected chi connectivity index (χ3v) is 5.55. The summed E-state index contributed by atoms with van der Waals surface area (Å²) in [5.41, 5.74) is 4.72. The van der Waals surface area contributed by atoms with Gasteiger partial charge >= 0.3 is 0 Å². The van der Waals surface area contributed by atoms with Crippen molar-refractivity contribution in [1.82, 2.24) is 20.7 Å². The molecule has 0 aromatic carbocycles. The molecule has 22 heavy (non-hydrogen) atoms. The number of pyridine rings is 1. The Morgan fingerprint density at radius 2 is 2.36 bits per heavy atom. The van der Waals surface area contributed by atoms with Gasteiger partial charge in [0, 0.05) is 30.9 Å². The Bertz CT molecular complexity index is 590. The lowest BCUT2D eigenvalue weighted by molar-refractivity contribution is 0.0356. The number of fused-ring (bicyclic) bond motifs is 1. The van der Waals surface area contributed by atoms with E-state index in [1.807, 2.05) is 6.07 Å². The number of hydrogen-bond donors (Lipinski definition) is 3. The molecule has 3 N–H and O–H groups in total. The summed E-state index contributed by atoms with van der Waals surface area (Å²) in [6.45, 7) is 3.07. The van der Waals surface area contributed by atoms with E-state index in [0.29, 0.717) is 17.1 Å². The largest absolute Gasteiger partial charge is 0.311 e. The predicted octanol–water partition coefficient (Wildman–Crippen LogP) is 0.843. The van der Waals surface area contributed by atoms with Crippen LogP contribution in [-0.4, -0.2) is 45.7 Å². The summed E-state index contributed by atoms with van der Waals surface area (Å²) in [7, 11) is 0. The molecule has 1 saturated carbocycles. The first-order valence-corrected chi connectivity index (χ1v) is 8.10. The molecule has 0 atom stereocenters. The van der Waals surface area contributed by atoms with Gasteiger partial charge in [-0.25, -0.2) is 5.48 Å². The van der Waals surface area contributed by atoms with Crippen LogP contribution >= 0.6 is 0 Å². The maximum Gasteiger partial charge on any atom is 0.276 e. The molecule has 1 aromatic heterocycles. The molecule has 1 spiro atoms. The first-order chi connectivity index (χ1) is 10.7. The van der Waals surface area contributed by atoms with Crippen LogP contribution in [-0.2, 0) is 13.0 Å². The number of rotatable bonds is 2. The summed E-state index contributed by atoms with van der Waals surface area (Å²) in [4.78, 5) is 18.4. The summed E-state index contributed by atoms with van der Waals surface area (Å²) in [6, 6.07) is 2.52. The summed E-state index contributed by atoms with van der Waals surface area (Å²) >= 11 is 0. The Balaban J connectivity index is 1.43. The quantitative estimate of drug-likeness (QED) is 0.557. The van der Waals surface area contributed by atoms with Crippen molar-refractivity contribution in [3.63, 3.8) is 0 Å². The van der Waals surface area contributed by atoms with Crippen molar-refractivity contribution in [2.45, 2.75) is 50.2 Å². The Kier molecular flexibility index (Phi) is 3.40. The summed E-state index contributed by atoms with van der Waals surface area (Å²) < 4.78 is 0. The number of hydroxylamine groups is 1. The minimum atomic E-state index is -0.494. The SMILES string of the molecule is O=C(NO)c1cnc2c(c1)CCN(C1CC3(CCCN3)C1)C2. The molecule has 6 nitrogen and oxygen atoms in total. The molecule has 0 bridgehead atoms. The fourth-order valence-electron chi connectivity index (χ4n) is 4.25. The van der Waals surface area contributed by atoms with Crippen LogP contribution in [0.5, 0.6) is 0 Å². The van der Waals surface area contributed by atoms with Crippen LogP contribution in [0.4, 0.5) is 0 Å². The summed E-state index contributed by atoms with van der Waals surface area (Å²) in [5, 5.41) is 12.4. The molecule has 2 aliphatic heterocycles. The van der Waals surface area contributed by atoms with Gasteiger partial charge in [-0.3, -0.25) is 19.9 Å². The van der Waals surface area contributed by atoms with Gasteiger partial charge in [0.15, 0.2) is 0 Å². The van der Waals surface area contributed by atoms with Gasteiger partial charge in [0.1, 0.15) is 0 Å². The van der Waals surface area contributed by atoms with Crippen LogP contribution in [0.15, 0.2) is 12.3 Å². The van der Waals surface area contributed by atoms with Gasteiger partial charge < -0.3 is 5.32 Å². The normalized spacial score (nSPS) is 30.9. The minimum absolute atomic E-state index is 0.424. The molecular weight excluding hydrogens is 280 g/mol. The Morgan fingerprint density at radius 1 is 1.50 bits per heavy atom. The van der Waals surface area contributed by atoms with Crippen LogP contribution in [0.3, 0.4) is 0 Å². The second-order valence-corrected chi connectivity index (χ2v) is 6.86. The van der Waals surface area contributed by atoms with Gasteiger partial charge in [0.2, 0.25) is 0 Å². The lowest BCUT2D eigenvalue weighted by Gasteiger charge is -2.51. The summed E-state index contributed by atoms with van der Waals surface area (Å²) in [5.74, 6) is -0.494. The van der Waals surface area contributed by atoms with E-state index < -0.39 is 5.91 Å². The topological polar surface area (TPSA) is 77.5 Å². The Hall–Kier alpha value is -1.50. The second kappa shape index (κ2) is 5.30. The van der Waals surface area contributed by atoms with Gasteiger partial charge in [-0.2, -0.15) is 0 Å². The van der Waals surface area contributed by atoms with E-state index in [1.165, 1.54) is 32.2 Å². The third-order valence-electron chi connectivity index (χ3n) is 5.55. The molecule has 3 aliphatic rings. The fraction of sp³-hybridized carbons (Fsp3) is 0.625. The zero-order valence-electron chi connectivity index (χ0n) is 12.6. The fourth-order valence-corrected chi connectivity index (χ4v) is 4.25. The number of carbonyl (C=O) groups excluding carboxylic acids is 1. The molecule has 1 aromatic rings. The number of aromatic nitrogens is 1. The van der Waals surface area contributed by atoms with Gasteiger partial charge in [0.05, 0.1) is 11.3 Å². The molecule has 1 saturated heterocycles. The van der Waals surface area contributed by atoms with Crippen LogP contribution in [0.1, 0.15) is 47.3 Å². The number of hydrogen-bond acceptors (Lipinski definition) is 5. The predicted molar refractivity (Wildman–Crippen MR) is 80.6 cm³/mol. The van der Waals surface area contributed by atoms with Gasteiger partial charge in [-0.15, -0.1) is 0 Å². The van der Waals surface area contributed by atoms with Crippen molar-refractivity contribution in [2.75, 3.05) is 13.1 Å². The van der Waals surface area contributed by atoms with E-state index in [9.17, 15) is 4.79 Å². The molecule has 6 heteroatoms. The lowest BCUT2D eigenvalue weighted by Crippen LogP contribution is -2.60. The minimum Gasteiger partial charge on any atom is -0.311 e. The van der Waals surface area contributed by atoms with E-state index in [4.69, 9.17) is 5.21 Å². The number of nitrogens with one attached hydrogen (secondary N) is 2. The maximum atomic E-state index is 11.5. The molecule has 3 heterocycles. The van der Waals surface area contributed by atoms with Gasteiger partial charge in [-0.05, 0) is 50.3 Å². The highest BCUT2D eigenvalue weighted by Crippen LogP contribution is 2.42.